The van der Waals surface area contributed by atoms with E-state index in [0.29, 0.717) is 0 Å². The molecule has 1 rings (SSSR count). The molecule has 0 aromatic heterocycles. The maximum absolute atomic E-state index is 12.5. The van der Waals surface area contributed by atoms with E-state index in [1.165, 1.54) is 13.2 Å². The molecule has 1 nitrogen and oxygen atoms in total. The van der Waals surface area contributed by atoms with E-state index < -0.39 is 17.8 Å². The average Bonchev–Trinajstić information content (AvgIpc) is 1.95. The van der Waals surface area contributed by atoms with Crippen molar-refractivity contribution in [3.8, 4) is 0 Å². The van der Waals surface area contributed by atoms with Gasteiger partial charge in [-0.15, -0.1) is 5.73 Å². The SMILES string of the molecule is COC1C=C=CC(F)=C1F. The predicted octanol–water partition coefficient (Wildman–Crippen LogP) is 1.88. The van der Waals surface area contributed by atoms with Crippen LogP contribution in [0.1, 0.15) is 0 Å². The van der Waals surface area contributed by atoms with Crippen LogP contribution in [0.4, 0.5) is 8.78 Å². The highest BCUT2D eigenvalue weighted by molar-refractivity contribution is 5.25. The molecule has 0 N–H and O–H groups in total. The van der Waals surface area contributed by atoms with Crippen LogP contribution in [0.2, 0.25) is 0 Å². The molecular weight excluding hydrogens is 138 g/mol. The van der Waals surface area contributed by atoms with E-state index in [9.17, 15) is 8.78 Å². The summed E-state index contributed by atoms with van der Waals surface area (Å²) in [6.07, 6.45) is 1.36. The minimum absolute atomic E-state index is 0.888. The van der Waals surface area contributed by atoms with E-state index in [4.69, 9.17) is 0 Å². The van der Waals surface area contributed by atoms with Gasteiger partial charge in [0.15, 0.2) is 11.7 Å². The summed E-state index contributed by atoms with van der Waals surface area (Å²) in [6.45, 7) is 0. The Morgan fingerprint density at radius 2 is 2.30 bits per heavy atom. The van der Waals surface area contributed by atoms with E-state index in [2.05, 4.69) is 10.5 Å². The van der Waals surface area contributed by atoms with Gasteiger partial charge in [-0.2, -0.15) is 0 Å². The van der Waals surface area contributed by atoms with Gasteiger partial charge in [0, 0.05) is 13.2 Å². The Morgan fingerprint density at radius 1 is 1.60 bits per heavy atom. The van der Waals surface area contributed by atoms with Gasteiger partial charge in [0.2, 0.25) is 0 Å². The largest absolute Gasteiger partial charge is 0.369 e. The Balaban J connectivity index is 2.92. The van der Waals surface area contributed by atoms with Crippen molar-refractivity contribution in [2.45, 2.75) is 6.10 Å². The fraction of sp³-hybridized carbons (Fsp3) is 0.286. The molecule has 3 heteroatoms. The summed E-state index contributed by atoms with van der Waals surface area (Å²) in [5, 5.41) is 0. The molecule has 0 fully saturated rings. The van der Waals surface area contributed by atoms with E-state index in [1.54, 1.807) is 0 Å². The average molecular weight is 144 g/mol. The van der Waals surface area contributed by atoms with Crippen LogP contribution in [-0.4, -0.2) is 13.2 Å². The number of hydrogen-bond acceptors (Lipinski definition) is 1. The number of allylic oxidation sites excluding steroid dienone is 1. The van der Waals surface area contributed by atoms with Crippen LogP contribution < -0.4 is 0 Å². The van der Waals surface area contributed by atoms with Crippen molar-refractivity contribution in [3.63, 3.8) is 0 Å². The van der Waals surface area contributed by atoms with E-state index in [0.717, 1.165) is 6.08 Å². The second-order valence-electron chi connectivity index (χ2n) is 1.83. The monoisotopic (exact) mass is 144 g/mol. The van der Waals surface area contributed by atoms with Gasteiger partial charge in [-0.25, -0.2) is 8.78 Å². The van der Waals surface area contributed by atoms with Crippen molar-refractivity contribution >= 4 is 0 Å². The van der Waals surface area contributed by atoms with Gasteiger partial charge in [-0.1, -0.05) is 0 Å². The van der Waals surface area contributed by atoms with E-state index >= 15 is 0 Å². The van der Waals surface area contributed by atoms with Crippen molar-refractivity contribution in [2.24, 2.45) is 0 Å². The molecule has 1 atom stereocenters. The third-order valence-electron chi connectivity index (χ3n) is 1.19. The number of hydrogen-bond donors (Lipinski definition) is 0. The van der Waals surface area contributed by atoms with Crippen LogP contribution in [0.5, 0.6) is 0 Å². The summed E-state index contributed by atoms with van der Waals surface area (Å²) in [5.74, 6) is -1.80. The van der Waals surface area contributed by atoms with Crippen LogP contribution in [0.3, 0.4) is 0 Å². The van der Waals surface area contributed by atoms with Crippen molar-refractivity contribution < 1.29 is 13.5 Å². The molecule has 0 spiro atoms. The molecule has 1 aliphatic carbocycles. The highest BCUT2D eigenvalue weighted by Gasteiger charge is 2.16. The first-order valence-corrected chi connectivity index (χ1v) is 2.76. The Labute approximate surface area is 57.3 Å². The van der Waals surface area contributed by atoms with Gasteiger partial charge >= 0.3 is 0 Å². The van der Waals surface area contributed by atoms with Gasteiger partial charge in [0.05, 0.1) is 0 Å². The van der Waals surface area contributed by atoms with E-state index in [1.807, 2.05) is 0 Å². The molecule has 0 aromatic carbocycles. The van der Waals surface area contributed by atoms with Gasteiger partial charge < -0.3 is 4.74 Å². The molecule has 0 bridgehead atoms. The first kappa shape index (κ1) is 7.19. The molecular formula is C7H6F2O. The third-order valence-corrected chi connectivity index (χ3v) is 1.19. The summed E-state index contributed by atoms with van der Waals surface area (Å²) >= 11 is 0. The minimum Gasteiger partial charge on any atom is -0.369 e. The van der Waals surface area contributed by atoms with E-state index in [-0.39, 0.29) is 0 Å². The molecule has 54 valence electrons. The Hall–Kier alpha value is -0.920. The topological polar surface area (TPSA) is 9.23 Å². The quantitative estimate of drug-likeness (QED) is 0.510. The highest BCUT2D eigenvalue weighted by Crippen LogP contribution is 2.19. The molecule has 0 heterocycles. The van der Waals surface area contributed by atoms with Crippen molar-refractivity contribution in [3.05, 3.63) is 29.5 Å². The van der Waals surface area contributed by atoms with Gasteiger partial charge in [0.1, 0.15) is 6.10 Å². The normalized spacial score (nSPS) is 24.1. The lowest BCUT2D eigenvalue weighted by Gasteiger charge is -2.08. The molecule has 0 amide bonds. The summed E-state index contributed by atoms with van der Waals surface area (Å²) in [5.41, 5.74) is 2.42. The highest BCUT2D eigenvalue weighted by atomic mass is 19.2. The lowest BCUT2D eigenvalue weighted by molar-refractivity contribution is 0.144. The molecule has 0 radical (unpaired) electrons. The first-order chi connectivity index (χ1) is 4.75. The lowest BCUT2D eigenvalue weighted by atomic mass is 10.2. The first-order valence-electron chi connectivity index (χ1n) is 2.76. The smallest absolute Gasteiger partial charge is 0.169 e. The Bertz CT molecular complexity index is 224. The molecule has 0 aliphatic heterocycles. The standard InChI is InChI=1S/C7H6F2O/c1-10-6-4-2-3-5(8)7(6)9/h3-4,6H,1H3. The second-order valence-corrected chi connectivity index (χ2v) is 1.83. The summed E-state index contributed by atoms with van der Waals surface area (Å²) in [4.78, 5) is 0. The molecule has 1 aliphatic rings. The van der Waals surface area contributed by atoms with Crippen LogP contribution in [0, 0.1) is 0 Å². The summed E-state index contributed by atoms with van der Waals surface area (Å²) in [7, 11) is 1.31. The zero-order valence-corrected chi connectivity index (χ0v) is 5.40. The van der Waals surface area contributed by atoms with Crippen molar-refractivity contribution in [1.29, 1.82) is 0 Å². The van der Waals surface area contributed by atoms with Crippen molar-refractivity contribution in [1.82, 2.24) is 0 Å². The summed E-state index contributed by atoms with van der Waals surface area (Å²) < 4.78 is 29.4. The van der Waals surface area contributed by atoms with Crippen LogP contribution in [0.25, 0.3) is 0 Å². The Morgan fingerprint density at radius 3 is 2.80 bits per heavy atom. The lowest BCUT2D eigenvalue weighted by Crippen LogP contribution is -2.09. The van der Waals surface area contributed by atoms with Crippen LogP contribution in [-0.2, 0) is 4.74 Å². The number of methoxy groups -OCH3 is 1. The minimum atomic E-state index is -0.908. The van der Waals surface area contributed by atoms with Crippen LogP contribution >= 0.6 is 0 Å². The maximum Gasteiger partial charge on any atom is 0.169 e. The fourth-order valence-electron chi connectivity index (χ4n) is 0.658. The zero-order chi connectivity index (χ0) is 7.56. The molecule has 0 saturated carbocycles. The second kappa shape index (κ2) is 2.78. The molecule has 0 aromatic rings. The fourth-order valence-corrected chi connectivity index (χ4v) is 0.658. The van der Waals surface area contributed by atoms with Gasteiger partial charge in [-0.3, -0.25) is 0 Å². The third kappa shape index (κ3) is 1.15. The zero-order valence-electron chi connectivity index (χ0n) is 5.40. The number of rotatable bonds is 1. The van der Waals surface area contributed by atoms with Crippen molar-refractivity contribution in [2.75, 3.05) is 7.11 Å². The number of ether oxygens (including phenoxy) is 1. The van der Waals surface area contributed by atoms with Gasteiger partial charge in [-0.05, 0) is 6.08 Å². The van der Waals surface area contributed by atoms with Gasteiger partial charge in [0.25, 0.3) is 0 Å². The maximum atomic E-state index is 12.5. The Kier molecular flexibility index (Phi) is 2.00. The molecule has 1 unspecified atom stereocenters. The molecule has 0 saturated heterocycles. The van der Waals surface area contributed by atoms with Crippen LogP contribution in [0.15, 0.2) is 29.5 Å². The summed E-state index contributed by atoms with van der Waals surface area (Å²) in [6, 6.07) is 0. The number of halogens is 2. The molecule has 10 heavy (non-hydrogen) atoms. The predicted molar refractivity (Wildman–Crippen MR) is 32.7 cm³/mol.